The Balaban J connectivity index is 1.78. The fourth-order valence-electron chi connectivity index (χ4n) is 2.82. The van der Waals surface area contributed by atoms with Gasteiger partial charge in [0.15, 0.2) is 0 Å². The zero-order valence-corrected chi connectivity index (χ0v) is 13.0. The van der Waals surface area contributed by atoms with E-state index in [2.05, 4.69) is 36.5 Å². The molecule has 3 nitrogen and oxygen atoms in total. The summed E-state index contributed by atoms with van der Waals surface area (Å²) in [4.78, 5) is 15.6. The maximum absolute atomic E-state index is 12.7. The molecule has 1 N–H and O–H groups in total. The Morgan fingerprint density at radius 2 is 2.10 bits per heavy atom. The minimum absolute atomic E-state index is 0.166. The third kappa shape index (κ3) is 3.34. The van der Waals surface area contributed by atoms with Crippen molar-refractivity contribution in [3.63, 3.8) is 0 Å². The van der Waals surface area contributed by atoms with Crippen LogP contribution in [0, 0.1) is 0 Å². The van der Waals surface area contributed by atoms with Crippen LogP contribution in [-0.4, -0.2) is 36.0 Å². The predicted octanol–water partition coefficient (Wildman–Crippen LogP) is 2.79. The summed E-state index contributed by atoms with van der Waals surface area (Å²) in [5, 5.41) is 5.46. The molecule has 2 atom stereocenters. The molecule has 0 saturated carbocycles. The number of hydrogen-bond acceptors (Lipinski definition) is 3. The van der Waals surface area contributed by atoms with Crippen molar-refractivity contribution in [2.75, 3.05) is 13.1 Å². The van der Waals surface area contributed by atoms with Crippen molar-refractivity contribution in [2.45, 2.75) is 25.4 Å². The molecule has 1 aliphatic heterocycles. The number of amides is 1. The van der Waals surface area contributed by atoms with Gasteiger partial charge in [-0.15, -0.1) is 11.3 Å². The highest BCUT2D eigenvalue weighted by Crippen LogP contribution is 2.19. The lowest BCUT2D eigenvalue weighted by Gasteiger charge is -2.39. The van der Waals surface area contributed by atoms with Crippen LogP contribution in [0.4, 0.5) is 0 Å². The Labute approximate surface area is 129 Å². The Kier molecular flexibility index (Phi) is 4.36. The molecule has 0 bridgehead atoms. The number of nitrogens with one attached hydrogen (secondary N) is 1. The van der Waals surface area contributed by atoms with Crippen molar-refractivity contribution >= 4 is 17.2 Å². The number of rotatable bonds is 3. The summed E-state index contributed by atoms with van der Waals surface area (Å²) < 4.78 is 0. The highest BCUT2D eigenvalue weighted by Gasteiger charge is 2.30. The molecule has 3 rings (SSSR count). The summed E-state index contributed by atoms with van der Waals surface area (Å²) >= 11 is 1.52. The fraction of sp³-hybridized carbons (Fsp3) is 0.353. The fourth-order valence-corrected chi connectivity index (χ4v) is 3.49. The normalized spacial score (nSPS) is 22.2. The largest absolute Gasteiger partial charge is 0.332 e. The van der Waals surface area contributed by atoms with Crippen LogP contribution in [0.1, 0.15) is 22.2 Å². The van der Waals surface area contributed by atoms with Gasteiger partial charge < -0.3 is 10.2 Å². The minimum atomic E-state index is 0.166. The topological polar surface area (TPSA) is 32.3 Å². The van der Waals surface area contributed by atoms with E-state index in [4.69, 9.17) is 0 Å². The van der Waals surface area contributed by atoms with Crippen molar-refractivity contribution in [3.8, 4) is 0 Å². The maximum atomic E-state index is 12.7. The molecule has 1 amide bonds. The molecule has 1 aromatic heterocycles. The van der Waals surface area contributed by atoms with Crippen LogP contribution in [0.2, 0.25) is 0 Å². The first-order valence-corrected chi connectivity index (χ1v) is 8.24. The molecule has 110 valence electrons. The van der Waals surface area contributed by atoms with Crippen LogP contribution in [0.3, 0.4) is 0 Å². The Hall–Kier alpha value is -1.65. The van der Waals surface area contributed by atoms with Gasteiger partial charge in [0.2, 0.25) is 0 Å². The van der Waals surface area contributed by atoms with E-state index >= 15 is 0 Å². The molecule has 1 aliphatic rings. The molecular weight excluding hydrogens is 280 g/mol. The van der Waals surface area contributed by atoms with Gasteiger partial charge in [-0.25, -0.2) is 0 Å². The second-order valence-corrected chi connectivity index (χ2v) is 6.54. The molecule has 2 aromatic rings. The lowest BCUT2D eigenvalue weighted by molar-refractivity contribution is 0.0598. The standard InChI is InChI=1S/C17H20N2OS/c1-13-12-19(17(20)16-8-5-9-21-16)15(11-18-13)10-14-6-3-2-4-7-14/h2-9,13,15,18H,10-12H2,1H3. The molecule has 0 aliphatic carbocycles. The summed E-state index contributed by atoms with van der Waals surface area (Å²) in [5.41, 5.74) is 1.28. The molecular formula is C17H20N2OS. The summed E-state index contributed by atoms with van der Waals surface area (Å²) in [5.74, 6) is 0.166. The summed E-state index contributed by atoms with van der Waals surface area (Å²) in [6, 6.07) is 14.8. The predicted molar refractivity (Wildman–Crippen MR) is 86.8 cm³/mol. The number of thiophene rings is 1. The van der Waals surface area contributed by atoms with Gasteiger partial charge in [0.1, 0.15) is 0 Å². The molecule has 2 heterocycles. The molecule has 0 radical (unpaired) electrons. The Morgan fingerprint density at radius 3 is 2.81 bits per heavy atom. The third-order valence-corrected chi connectivity index (χ3v) is 4.78. The molecule has 2 unspecified atom stereocenters. The summed E-state index contributed by atoms with van der Waals surface area (Å²) in [6.45, 7) is 3.76. The van der Waals surface area contributed by atoms with Crippen LogP contribution in [0.5, 0.6) is 0 Å². The maximum Gasteiger partial charge on any atom is 0.264 e. The Bertz CT molecular complexity index is 582. The van der Waals surface area contributed by atoms with Crippen LogP contribution in [0.15, 0.2) is 47.8 Å². The van der Waals surface area contributed by atoms with Gasteiger partial charge in [-0.05, 0) is 30.4 Å². The van der Waals surface area contributed by atoms with Crippen molar-refractivity contribution < 1.29 is 4.79 Å². The lowest BCUT2D eigenvalue weighted by Crippen LogP contribution is -2.58. The van der Waals surface area contributed by atoms with Crippen molar-refractivity contribution in [1.82, 2.24) is 10.2 Å². The zero-order chi connectivity index (χ0) is 14.7. The van der Waals surface area contributed by atoms with Gasteiger partial charge in [-0.1, -0.05) is 36.4 Å². The van der Waals surface area contributed by atoms with Gasteiger partial charge in [-0.3, -0.25) is 4.79 Å². The first-order chi connectivity index (χ1) is 10.2. The average molecular weight is 300 g/mol. The lowest BCUT2D eigenvalue weighted by atomic mass is 10.0. The quantitative estimate of drug-likeness (QED) is 0.945. The average Bonchev–Trinajstić information content (AvgIpc) is 3.04. The van der Waals surface area contributed by atoms with Gasteiger partial charge in [-0.2, -0.15) is 0 Å². The second kappa shape index (κ2) is 6.41. The van der Waals surface area contributed by atoms with E-state index in [1.165, 1.54) is 16.9 Å². The van der Waals surface area contributed by atoms with Crippen molar-refractivity contribution in [1.29, 1.82) is 0 Å². The van der Waals surface area contributed by atoms with Gasteiger partial charge in [0.25, 0.3) is 5.91 Å². The number of piperazine rings is 1. The van der Waals surface area contributed by atoms with Gasteiger partial charge >= 0.3 is 0 Å². The molecule has 21 heavy (non-hydrogen) atoms. The molecule has 1 fully saturated rings. The highest BCUT2D eigenvalue weighted by atomic mass is 32.1. The van der Waals surface area contributed by atoms with E-state index in [0.717, 1.165) is 24.4 Å². The van der Waals surface area contributed by atoms with E-state index in [9.17, 15) is 4.79 Å². The third-order valence-electron chi connectivity index (χ3n) is 3.92. The number of carbonyl (C=O) groups is 1. The van der Waals surface area contributed by atoms with Crippen LogP contribution < -0.4 is 5.32 Å². The molecule has 1 aromatic carbocycles. The van der Waals surface area contributed by atoms with E-state index in [-0.39, 0.29) is 11.9 Å². The van der Waals surface area contributed by atoms with Gasteiger partial charge in [0, 0.05) is 25.2 Å². The van der Waals surface area contributed by atoms with Crippen LogP contribution in [0.25, 0.3) is 0 Å². The smallest absolute Gasteiger partial charge is 0.264 e. The highest BCUT2D eigenvalue weighted by molar-refractivity contribution is 7.12. The van der Waals surface area contributed by atoms with Crippen LogP contribution >= 0.6 is 11.3 Å². The second-order valence-electron chi connectivity index (χ2n) is 5.59. The molecule has 4 heteroatoms. The SMILES string of the molecule is CC1CN(C(=O)c2cccs2)C(Cc2ccccc2)CN1. The first kappa shape index (κ1) is 14.3. The van der Waals surface area contributed by atoms with Gasteiger partial charge in [0.05, 0.1) is 4.88 Å². The van der Waals surface area contributed by atoms with Crippen molar-refractivity contribution in [3.05, 3.63) is 58.3 Å². The zero-order valence-electron chi connectivity index (χ0n) is 12.2. The molecule has 0 spiro atoms. The van der Waals surface area contributed by atoms with E-state index in [1.807, 2.05) is 28.5 Å². The first-order valence-electron chi connectivity index (χ1n) is 7.36. The summed E-state index contributed by atoms with van der Waals surface area (Å²) in [7, 11) is 0. The Morgan fingerprint density at radius 1 is 1.29 bits per heavy atom. The summed E-state index contributed by atoms with van der Waals surface area (Å²) in [6.07, 6.45) is 0.900. The van der Waals surface area contributed by atoms with E-state index < -0.39 is 0 Å². The number of carbonyl (C=O) groups excluding carboxylic acids is 1. The van der Waals surface area contributed by atoms with Crippen LogP contribution in [-0.2, 0) is 6.42 Å². The molecule has 1 saturated heterocycles. The number of hydrogen-bond donors (Lipinski definition) is 1. The number of nitrogens with zero attached hydrogens (tertiary/aromatic N) is 1. The minimum Gasteiger partial charge on any atom is -0.332 e. The van der Waals surface area contributed by atoms with E-state index in [1.54, 1.807) is 0 Å². The van der Waals surface area contributed by atoms with E-state index in [0.29, 0.717) is 6.04 Å². The monoisotopic (exact) mass is 300 g/mol. The van der Waals surface area contributed by atoms with Crippen molar-refractivity contribution in [2.24, 2.45) is 0 Å². The number of benzene rings is 1.